The van der Waals surface area contributed by atoms with Crippen molar-refractivity contribution >= 4 is 11.7 Å². The molecule has 1 aliphatic heterocycles. The van der Waals surface area contributed by atoms with Crippen molar-refractivity contribution in [2.75, 3.05) is 18.4 Å². The summed E-state index contributed by atoms with van der Waals surface area (Å²) >= 11 is 0. The molecule has 2 aliphatic carbocycles. The van der Waals surface area contributed by atoms with Gasteiger partial charge < -0.3 is 10.2 Å². The maximum absolute atomic E-state index is 14.4. The third kappa shape index (κ3) is 2.44. The number of aromatic nitrogens is 2. The first-order chi connectivity index (χ1) is 10.7. The fraction of sp³-hybridized carbons (Fsp3) is 0.688. The molecule has 3 aliphatic rings. The SMILES string of the molecule is O=C(N1CCc2ncnc(NC3CC3)c2CC1)C1(F)CCC1. The maximum atomic E-state index is 14.4. The van der Waals surface area contributed by atoms with Crippen LogP contribution in [-0.4, -0.2) is 45.6 Å². The highest BCUT2D eigenvalue weighted by Crippen LogP contribution is 2.38. The molecule has 5 nitrogen and oxygen atoms in total. The molecule has 0 spiro atoms. The Morgan fingerprint density at radius 2 is 2.05 bits per heavy atom. The Kier molecular flexibility index (Phi) is 3.27. The number of carbonyl (C=O) groups is 1. The molecule has 1 aromatic heterocycles. The lowest BCUT2D eigenvalue weighted by molar-refractivity contribution is -0.149. The van der Waals surface area contributed by atoms with Crippen molar-refractivity contribution in [2.45, 2.75) is 56.7 Å². The van der Waals surface area contributed by atoms with Gasteiger partial charge in [0.05, 0.1) is 5.69 Å². The van der Waals surface area contributed by atoms with E-state index >= 15 is 0 Å². The average Bonchev–Trinajstić information content (AvgIpc) is 3.30. The first-order valence-corrected chi connectivity index (χ1v) is 8.23. The molecule has 2 saturated carbocycles. The summed E-state index contributed by atoms with van der Waals surface area (Å²) in [6, 6.07) is 0.532. The Morgan fingerprint density at radius 3 is 2.73 bits per heavy atom. The largest absolute Gasteiger partial charge is 0.367 e. The van der Waals surface area contributed by atoms with E-state index < -0.39 is 5.67 Å². The minimum Gasteiger partial charge on any atom is -0.367 e. The van der Waals surface area contributed by atoms with Crippen molar-refractivity contribution in [2.24, 2.45) is 0 Å². The van der Waals surface area contributed by atoms with Gasteiger partial charge in [0.15, 0.2) is 5.67 Å². The standard InChI is InChI=1S/C16H21FN4O/c17-16(6-1-7-16)15(22)21-8-4-12-13(5-9-21)18-10-19-14(12)20-11-2-3-11/h10-11H,1-9H2,(H,18,19,20). The lowest BCUT2D eigenvalue weighted by Crippen LogP contribution is -2.51. The van der Waals surface area contributed by atoms with Crippen LogP contribution in [0.5, 0.6) is 0 Å². The lowest BCUT2D eigenvalue weighted by Gasteiger charge is -2.36. The summed E-state index contributed by atoms with van der Waals surface area (Å²) in [7, 11) is 0. The van der Waals surface area contributed by atoms with Gasteiger partial charge in [0, 0.05) is 31.1 Å². The normalized spacial score (nSPS) is 23.2. The third-order valence-corrected chi connectivity index (χ3v) is 5.02. The highest BCUT2D eigenvalue weighted by molar-refractivity contribution is 5.86. The van der Waals surface area contributed by atoms with E-state index in [1.54, 1.807) is 11.2 Å². The molecule has 0 unspecified atom stereocenters. The summed E-state index contributed by atoms with van der Waals surface area (Å²) in [6.07, 6.45) is 6.92. The number of hydrogen-bond donors (Lipinski definition) is 1. The number of nitrogens with one attached hydrogen (secondary N) is 1. The number of hydrogen-bond acceptors (Lipinski definition) is 4. The molecular formula is C16H21FN4O. The average molecular weight is 304 g/mol. The van der Waals surface area contributed by atoms with Gasteiger partial charge in [-0.15, -0.1) is 0 Å². The van der Waals surface area contributed by atoms with E-state index in [1.807, 2.05) is 0 Å². The highest BCUT2D eigenvalue weighted by atomic mass is 19.1. The molecule has 0 radical (unpaired) electrons. The minimum absolute atomic E-state index is 0.323. The van der Waals surface area contributed by atoms with Crippen molar-refractivity contribution in [1.29, 1.82) is 0 Å². The Bertz CT molecular complexity index is 598. The molecule has 1 N–H and O–H groups in total. The molecule has 0 saturated heterocycles. The van der Waals surface area contributed by atoms with Crippen molar-refractivity contribution in [1.82, 2.24) is 14.9 Å². The number of nitrogens with zero attached hydrogens (tertiary/aromatic N) is 3. The fourth-order valence-corrected chi connectivity index (χ4v) is 3.26. The van der Waals surface area contributed by atoms with Gasteiger partial charge in [-0.2, -0.15) is 0 Å². The number of rotatable bonds is 3. The number of anilines is 1. The summed E-state index contributed by atoms with van der Waals surface area (Å²) in [5.74, 6) is 0.580. The van der Waals surface area contributed by atoms with E-state index in [0.717, 1.165) is 23.5 Å². The smallest absolute Gasteiger partial charge is 0.260 e. The van der Waals surface area contributed by atoms with Gasteiger partial charge in [-0.05, 0) is 38.5 Å². The molecule has 118 valence electrons. The van der Waals surface area contributed by atoms with Gasteiger partial charge >= 0.3 is 0 Å². The van der Waals surface area contributed by atoms with Crippen LogP contribution in [0.1, 0.15) is 43.4 Å². The van der Waals surface area contributed by atoms with Crippen LogP contribution >= 0.6 is 0 Å². The van der Waals surface area contributed by atoms with Gasteiger partial charge in [-0.1, -0.05) is 0 Å². The van der Waals surface area contributed by atoms with Gasteiger partial charge in [-0.3, -0.25) is 4.79 Å². The fourth-order valence-electron chi connectivity index (χ4n) is 3.26. The molecule has 0 bridgehead atoms. The monoisotopic (exact) mass is 304 g/mol. The second-order valence-corrected chi connectivity index (χ2v) is 6.68. The zero-order valence-electron chi connectivity index (χ0n) is 12.6. The molecule has 1 amide bonds. The summed E-state index contributed by atoms with van der Waals surface area (Å²) < 4.78 is 14.4. The maximum Gasteiger partial charge on any atom is 0.260 e. The number of halogens is 1. The van der Waals surface area contributed by atoms with Gasteiger partial charge in [-0.25, -0.2) is 14.4 Å². The Morgan fingerprint density at radius 1 is 1.27 bits per heavy atom. The molecule has 22 heavy (non-hydrogen) atoms. The first kappa shape index (κ1) is 13.9. The summed E-state index contributed by atoms with van der Waals surface area (Å²) in [4.78, 5) is 22.8. The molecule has 1 aromatic rings. The van der Waals surface area contributed by atoms with Crippen molar-refractivity contribution < 1.29 is 9.18 Å². The van der Waals surface area contributed by atoms with Gasteiger partial charge in [0.1, 0.15) is 12.1 Å². The second-order valence-electron chi connectivity index (χ2n) is 6.68. The van der Waals surface area contributed by atoms with Crippen molar-refractivity contribution in [3.05, 3.63) is 17.6 Å². The number of carbonyl (C=O) groups excluding carboxylic acids is 1. The molecular weight excluding hydrogens is 283 g/mol. The minimum atomic E-state index is -1.60. The van der Waals surface area contributed by atoms with E-state index in [0.29, 0.717) is 44.8 Å². The molecule has 2 heterocycles. The van der Waals surface area contributed by atoms with E-state index in [-0.39, 0.29) is 5.91 Å². The number of amides is 1. The van der Waals surface area contributed by atoms with Crippen LogP contribution in [0.2, 0.25) is 0 Å². The second kappa shape index (κ2) is 5.18. The van der Waals surface area contributed by atoms with E-state index in [1.165, 1.54) is 12.8 Å². The van der Waals surface area contributed by atoms with E-state index in [4.69, 9.17) is 0 Å². The Balaban J connectivity index is 1.51. The van der Waals surface area contributed by atoms with Crippen LogP contribution in [0.15, 0.2) is 6.33 Å². The molecule has 0 atom stereocenters. The zero-order chi connectivity index (χ0) is 15.2. The number of fused-ring (bicyclic) bond motifs is 1. The van der Waals surface area contributed by atoms with Gasteiger partial charge in [0.25, 0.3) is 5.91 Å². The number of alkyl halides is 1. The molecule has 2 fully saturated rings. The van der Waals surface area contributed by atoms with Crippen molar-refractivity contribution in [3.63, 3.8) is 0 Å². The van der Waals surface area contributed by atoms with Crippen LogP contribution < -0.4 is 5.32 Å². The quantitative estimate of drug-likeness (QED) is 0.926. The first-order valence-electron chi connectivity index (χ1n) is 8.23. The molecule has 0 aromatic carbocycles. The van der Waals surface area contributed by atoms with Crippen LogP contribution in [0.25, 0.3) is 0 Å². The molecule has 6 heteroatoms. The van der Waals surface area contributed by atoms with Crippen LogP contribution in [0, 0.1) is 0 Å². The van der Waals surface area contributed by atoms with Gasteiger partial charge in [0.2, 0.25) is 0 Å². The van der Waals surface area contributed by atoms with E-state index in [2.05, 4.69) is 15.3 Å². The zero-order valence-corrected chi connectivity index (χ0v) is 12.6. The summed E-state index contributed by atoms with van der Waals surface area (Å²) in [5.41, 5.74) is 0.498. The lowest BCUT2D eigenvalue weighted by atomic mass is 9.81. The third-order valence-electron chi connectivity index (χ3n) is 5.02. The van der Waals surface area contributed by atoms with Crippen molar-refractivity contribution in [3.8, 4) is 0 Å². The predicted molar refractivity (Wildman–Crippen MR) is 80.4 cm³/mol. The predicted octanol–water partition coefficient (Wildman–Crippen LogP) is 1.87. The summed E-state index contributed by atoms with van der Waals surface area (Å²) in [6.45, 7) is 1.11. The Hall–Kier alpha value is -1.72. The van der Waals surface area contributed by atoms with Crippen LogP contribution in [0.3, 0.4) is 0 Å². The summed E-state index contributed by atoms with van der Waals surface area (Å²) in [5, 5.41) is 3.44. The van der Waals surface area contributed by atoms with Crippen LogP contribution in [0.4, 0.5) is 10.2 Å². The van der Waals surface area contributed by atoms with E-state index in [9.17, 15) is 9.18 Å². The topological polar surface area (TPSA) is 58.1 Å². The molecule has 4 rings (SSSR count). The Labute approximate surface area is 129 Å². The van der Waals surface area contributed by atoms with Crippen LogP contribution in [-0.2, 0) is 17.6 Å². The highest BCUT2D eigenvalue weighted by Gasteiger charge is 2.47.